The van der Waals surface area contributed by atoms with Crippen molar-refractivity contribution in [2.45, 2.75) is 6.92 Å². The molecule has 0 aliphatic heterocycles. The fraction of sp³-hybridized carbons (Fsp3) is 0.160. The lowest BCUT2D eigenvalue weighted by molar-refractivity contribution is -0.123. The molecule has 0 unspecified atom stereocenters. The number of nitrogens with zero attached hydrogens (tertiary/aromatic N) is 1. The number of hydrogen-bond donors (Lipinski definition) is 1. The zero-order valence-electron chi connectivity index (χ0n) is 18.9. The Kier molecular flexibility index (Phi) is 9.34. The summed E-state index contributed by atoms with van der Waals surface area (Å²) in [6.45, 7) is 1.86. The molecule has 1 N–H and O–H groups in total. The zero-order valence-corrected chi connectivity index (χ0v) is 20.4. The molecule has 35 heavy (non-hydrogen) atoms. The minimum Gasteiger partial charge on any atom is -0.497 e. The minimum atomic E-state index is -0.607. The van der Waals surface area contributed by atoms with E-state index in [0.717, 1.165) is 0 Å². The lowest BCUT2D eigenvalue weighted by Gasteiger charge is -2.13. The first-order chi connectivity index (χ1) is 16.9. The van der Waals surface area contributed by atoms with Crippen molar-refractivity contribution >= 4 is 41.3 Å². The Hall–Kier alpha value is -3.75. The number of nitrogens with one attached hydrogen (secondary N) is 1. The summed E-state index contributed by atoms with van der Waals surface area (Å²) in [6.07, 6.45) is 1.38. The molecule has 0 saturated carbocycles. The first kappa shape index (κ1) is 25.9. The molecule has 0 atom stereocenters. The first-order valence-electron chi connectivity index (χ1n) is 10.4. The van der Waals surface area contributed by atoms with E-state index in [0.29, 0.717) is 34.3 Å². The summed E-state index contributed by atoms with van der Waals surface area (Å²) >= 11 is 12.2. The van der Waals surface area contributed by atoms with Crippen molar-refractivity contribution in [2.24, 2.45) is 5.10 Å². The fourth-order valence-corrected chi connectivity index (χ4v) is 3.18. The molecule has 0 aromatic heterocycles. The summed E-state index contributed by atoms with van der Waals surface area (Å²) < 4.78 is 21.5. The van der Waals surface area contributed by atoms with Crippen LogP contribution in [-0.2, 0) is 4.79 Å². The van der Waals surface area contributed by atoms with Crippen LogP contribution in [0, 0.1) is 0 Å². The third-order valence-electron chi connectivity index (χ3n) is 4.44. The molecule has 0 fully saturated rings. The summed E-state index contributed by atoms with van der Waals surface area (Å²) in [6, 6.07) is 16.2. The van der Waals surface area contributed by atoms with Crippen molar-refractivity contribution in [1.29, 1.82) is 0 Å². The van der Waals surface area contributed by atoms with Gasteiger partial charge in [0.2, 0.25) is 0 Å². The SMILES string of the molecule is CCOc1cc(/C=N\NC(=O)COc2ccc(Cl)cc2)cc(Cl)c1OC(=O)c1ccc(OC)cc1. The highest BCUT2D eigenvalue weighted by Gasteiger charge is 2.17. The van der Waals surface area contributed by atoms with Gasteiger partial charge < -0.3 is 18.9 Å². The van der Waals surface area contributed by atoms with Crippen LogP contribution in [0.15, 0.2) is 65.8 Å². The standard InChI is InChI=1S/C25H22Cl2N2O6/c1-3-33-22-13-16(14-28-29-23(30)15-34-20-10-6-18(26)7-11-20)12-21(27)24(22)35-25(31)17-4-8-19(32-2)9-5-17/h4-14H,3,15H2,1-2H3,(H,29,30)/b28-14-. The van der Waals surface area contributed by atoms with E-state index in [1.165, 1.54) is 19.4 Å². The van der Waals surface area contributed by atoms with Crippen molar-refractivity contribution in [3.8, 4) is 23.0 Å². The number of hydrogen-bond acceptors (Lipinski definition) is 7. The third-order valence-corrected chi connectivity index (χ3v) is 4.97. The van der Waals surface area contributed by atoms with Gasteiger partial charge in [-0.05, 0) is 73.2 Å². The number of benzene rings is 3. The van der Waals surface area contributed by atoms with E-state index in [2.05, 4.69) is 10.5 Å². The summed E-state index contributed by atoms with van der Waals surface area (Å²) in [5.74, 6) is 0.373. The van der Waals surface area contributed by atoms with Crippen molar-refractivity contribution in [2.75, 3.05) is 20.3 Å². The highest BCUT2D eigenvalue weighted by molar-refractivity contribution is 6.32. The maximum atomic E-state index is 12.6. The molecule has 3 rings (SSSR count). The molecule has 0 aliphatic rings. The van der Waals surface area contributed by atoms with Gasteiger partial charge in [-0.1, -0.05) is 23.2 Å². The Labute approximate surface area is 212 Å². The normalized spacial score (nSPS) is 10.6. The van der Waals surface area contributed by atoms with Crippen molar-refractivity contribution in [3.63, 3.8) is 0 Å². The molecule has 0 saturated heterocycles. The molecular formula is C25H22Cl2N2O6. The maximum Gasteiger partial charge on any atom is 0.343 e. The van der Waals surface area contributed by atoms with E-state index < -0.39 is 11.9 Å². The number of esters is 1. The van der Waals surface area contributed by atoms with Gasteiger partial charge in [0.25, 0.3) is 5.91 Å². The number of methoxy groups -OCH3 is 1. The molecule has 3 aromatic carbocycles. The Morgan fingerprint density at radius 3 is 2.31 bits per heavy atom. The predicted molar refractivity (Wildman–Crippen MR) is 133 cm³/mol. The molecule has 10 heteroatoms. The van der Waals surface area contributed by atoms with Crippen molar-refractivity contribution < 1.29 is 28.5 Å². The van der Waals surface area contributed by atoms with Crippen LogP contribution in [0.5, 0.6) is 23.0 Å². The van der Waals surface area contributed by atoms with Crippen molar-refractivity contribution in [1.82, 2.24) is 5.43 Å². The average Bonchev–Trinajstić information content (AvgIpc) is 2.86. The summed E-state index contributed by atoms with van der Waals surface area (Å²) in [7, 11) is 1.53. The topological polar surface area (TPSA) is 95.5 Å². The van der Waals surface area contributed by atoms with Crippen LogP contribution in [0.2, 0.25) is 10.0 Å². The monoisotopic (exact) mass is 516 g/mol. The van der Waals surface area contributed by atoms with Gasteiger partial charge in [0.05, 0.1) is 30.5 Å². The minimum absolute atomic E-state index is 0.0758. The van der Waals surface area contributed by atoms with Crippen LogP contribution in [0.3, 0.4) is 0 Å². The highest BCUT2D eigenvalue weighted by atomic mass is 35.5. The molecule has 0 heterocycles. The number of amides is 1. The molecule has 0 spiro atoms. The second-order valence-corrected chi connectivity index (χ2v) is 7.76. The Bertz CT molecular complexity index is 1200. The van der Waals surface area contributed by atoms with Crippen molar-refractivity contribution in [3.05, 3.63) is 81.8 Å². The molecule has 0 radical (unpaired) electrons. The van der Waals surface area contributed by atoms with Crippen LogP contribution >= 0.6 is 23.2 Å². The molecule has 0 bridgehead atoms. The first-order valence-corrected chi connectivity index (χ1v) is 11.2. The Balaban J connectivity index is 1.64. The largest absolute Gasteiger partial charge is 0.497 e. The second kappa shape index (κ2) is 12.6. The molecule has 0 aliphatic carbocycles. The van der Waals surface area contributed by atoms with E-state index in [4.69, 9.17) is 42.1 Å². The fourth-order valence-electron chi connectivity index (χ4n) is 2.79. The van der Waals surface area contributed by atoms with Crippen LogP contribution in [0.4, 0.5) is 0 Å². The number of halogens is 2. The van der Waals surface area contributed by atoms with Crippen LogP contribution < -0.4 is 24.4 Å². The number of carbonyl (C=O) groups is 2. The second-order valence-electron chi connectivity index (χ2n) is 6.92. The molecule has 182 valence electrons. The maximum absolute atomic E-state index is 12.6. The average molecular weight is 517 g/mol. The molecular weight excluding hydrogens is 495 g/mol. The van der Waals surface area contributed by atoms with Gasteiger partial charge in [0, 0.05) is 5.02 Å². The predicted octanol–water partition coefficient (Wildman–Crippen LogP) is 5.15. The number of ether oxygens (including phenoxy) is 4. The quantitative estimate of drug-likeness (QED) is 0.173. The zero-order chi connectivity index (χ0) is 25.2. The highest BCUT2D eigenvalue weighted by Crippen LogP contribution is 2.37. The van der Waals surface area contributed by atoms with E-state index >= 15 is 0 Å². The van der Waals surface area contributed by atoms with E-state index in [1.54, 1.807) is 61.5 Å². The van der Waals surface area contributed by atoms with Crippen LogP contribution in [-0.4, -0.2) is 38.4 Å². The summed E-state index contributed by atoms with van der Waals surface area (Å²) in [4.78, 5) is 24.5. The van der Waals surface area contributed by atoms with E-state index in [1.807, 2.05) is 0 Å². The van der Waals surface area contributed by atoms with Gasteiger partial charge in [-0.25, -0.2) is 10.2 Å². The van der Waals surface area contributed by atoms with Gasteiger partial charge in [-0.2, -0.15) is 5.10 Å². The Morgan fingerprint density at radius 1 is 0.971 bits per heavy atom. The summed E-state index contributed by atoms with van der Waals surface area (Å²) in [5.41, 5.74) is 3.19. The number of carbonyl (C=O) groups excluding carboxylic acids is 2. The van der Waals surface area contributed by atoms with Crippen LogP contribution in [0.25, 0.3) is 0 Å². The smallest absolute Gasteiger partial charge is 0.343 e. The summed E-state index contributed by atoms with van der Waals surface area (Å²) in [5, 5.41) is 4.61. The van der Waals surface area contributed by atoms with Gasteiger partial charge in [-0.15, -0.1) is 0 Å². The molecule has 8 nitrogen and oxygen atoms in total. The lowest BCUT2D eigenvalue weighted by atomic mass is 10.2. The van der Waals surface area contributed by atoms with Gasteiger partial charge >= 0.3 is 5.97 Å². The lowest BCUT2D eigenvalue weighted by Crippen LogP contribution is -2.24. The Morgan fingerprint density at radius 2 is 1.66 bits per heavy atom. The number of hydrazone groups is 1. The van der Waals surface area contributed by atoms with E-state index in [-0.39, 0.29) is 23.1 Å². The molecule has 3 aromatic rings. The van der Waals surface area contributed by atoms with E-state index in [9.17, 15) is 9.59 Å². The van der Waals surface area contributed by atoms with Gasteiger partial charge in [-0.3, -0.25) is 4.79 Å². The third kappa shape index (κ3) is 7.63. The van der Waals surface area contributed by atoms with Crippen LogP contribution in [0.1, 0.15) is 22.8 Å². The van der Waals surface area contributed by atoms with Gasteiger partial charge in [0.15, 0.2) is 18.1 Å². The number of rotatable bonds is 10. The molecule has 1 amide bonds. The van der Waals surface area contributed by atoms with Gasteiger partial charge in [0.1, 0.15) is 11.5 Å².